The molecule has 0 saturated carbocycles. The van der Waals surface area contributed by atoms with E-state index in [1.807, 2.05) is 66.7 Å². The minimum atomic E-state index is -3.93. The first-order chi connectivity index (χ1) is 17.2. The number of carboxylic acid groups (broad SMARTS) is 1. The van der Waals surface area contributed by atoms with Gasteiger partial charge in [0.05, 0.1) is 11.7 Å². The van der Waals surface area contributed by atoms with Crippen LogP contribution >= 0.6 is 7.37 Å². The van der Waals surface area contributed by atoms with Crippen molar-refractivity contribution in [2.24, 2.45) is 11.7 Å². The third-order valence-electron chi connectivity index (χ3n) is 6.16. The fourth-order valence-corrected chi connectivity index (χ4v) is 5.82. The van der Waals surface area contributed by atoms with E-state index >= 15 is 0 Å². The van der Waals surface area contributed by atoms with Crippen LogP contribution in [0.1, 0.15) is 23.1 Å². The fourth-order valence-electron chi connectivity index (χ4n) is 4.09. The van der Waals surface area contributed by atoms with Crippen LogP contribution in [0.5, 0.6) is 0 Å². The zero-order valence-corrected chi connectivity index (χ0v) is 21.0. The third-order valence-corrected chi connectivity index (χ3v) is 8.42. The van der Waals surface area contributed by atoms with Gasteiger partial charge in [0.2, 0.25) is 13.3 Å². The lowest BCUT2D eigenvalue weighted by Gasteiger charge is -2.25. The minimum Gasteiger partial charge on any atom is -0.480 e. The number of aryl methyl sites for hydroxylation is 1. The van der Waals surface area contributed by atoms with Gasteiger partial charge in [-0.05, 0) is 36.0 Å². The Morgan fingerprint density at radius 3 is 1.78 bits per heavy atom. The van der Waals surface area contributed by atoms with Gasteiger partial charge in [0, 0.05) is 12.6 Å². The van der Waals surface area contributed by atoms with Gasteiger partial charge in [-0.25, -0.2) is 4.79 Å². The normalized spacial score (nSPS) is 15.3. The number of carbonyl (C=O) groups is 2. The number of amides is 1. The topological polar surface area (TPSA) is 130 Å². The highest BCUT2D eigenvalue weighted by atomic mass is 31.2. The van der Waals surface area contributed by atoms with Crippen LogP contribution in [0.3, 0.4) is 0 Å². The standard InChI is InChI=1S/C28H33N2O5P/c29-26(17-16-21-10-4-1-5-11-21)36(34,35)20-24(18-22-12-6-2-7-13-22)27(31)30-25(28(32)33)19-23-14-8-3-9-15-23/h1-15,24-26H,16-20,29H2,(H,30,31)(H,32,33)(H,34,35)/t24-,25+,26-/m1/s1. The van der Waals surface area contributed by atoms with E-state index in [-0.39, 0.29) is 19.0 Å². The SMILES string of the molecule is N[C@@H](CCc1ccccc1)P(=O)(O)C[C@@H](Cc1ccccc1)C(=O)N[C@@H](Cc1ccccc1)C(=O)O. The number of aliphatic carboxylic acids is 1. The van der Waals surface area contributed by atoms with Crippen LogP contribution in [0.4, 0.5) is 0 Å². The Morgan fingerprint density at radius 1 is 0.806 bits per heavy atom. The molecular weight excluding hydrogens is 475 g/mol. The van der Waals surface area contributed by atoms with Crippen molar-refractivity contribution in [2.45, 2.75) is 37.5 Å². The smallest absolute Gasteiger partial charge is 0.326 e. The molecule has 1 unspecified atom stereocenters. The molecule has 3 aromatic carbocycles. The second-order valence-corrected chi connectivity index (χ2v) is 11.5. The minimum absolute atomic E-state index is 0.105. The van der Waals surface area contributed by atoms with E-state index in [0.29, 0.717) is 12.8 Å². The van der Waals surface area contributed by atoms with E-state index in [1.54, 1.807) is 24.3 Å². The predicted octanol–water partition coefficient (Wildman–Crippen LogP) is 3.85. The maximum atomic E-state index is 13.3. The predicted molar refractivity (Wildman–Crippen MR) is 141 cm³/mol. The Balaban J connectivity index is 1.73. The number of hydrogen-bond acceptors (Lipinski definition) is 4. The molecule has 0 heterocycles. The van der Waals surface area contributed by atoms with Crippen LogP contribution in [0.15, 0.2) is 91.0 Å². The van der Waals surface area contributed by atoms with Gasteiger partial charge in [0.25, 0.3) is 0 Å². The maximum Gasteiger partial charge on any atom is 0.326 e. The zero-order chi connectivity index (χ0) is 26.0. The van der Waals surface area contributed by atoms with Crippen LogP contribution in [-0.2, 0) is 33.4 Å². The molecule has 36 heavy (non-hydrogen) atoms. The summed E-state index contributed by atoms with van der Waals surface area (Å²) in [7, 11) is -3.93. The lowest BCUT2D eigenvalue weighted by Crippen LogP contribution is -2.46. The van der Waals surface area contributed by atoms with E-state index in [9.17, 15) is 24.2 Å². The highest BCUT2D eigenvalue weighted by Gasteiger charge is 2.35. The molecule has 5 N–H and O–H groups in total. The van der Waals surface area contributed by atoms with Crippen molar-refractivity contribution in [3.63, 3.8) is 0 Å². The van der Waals surface area contributed by atoms with Crippen LogP contribution in [-0.4, -0.2) is 39.9 Å². The van der Waals surface area contributed by atoms with Crippen molar-refractivity contribution < 1.29 is 24.2 Å². The third kappa shape index (κ3) is 8.45. The van der Waals surface area contributed by atoms with Crippen molar-refractivity contribution in [1.82, 2.24) is 5.32 Å². The molecule has 0 aliphatic rings. The van der Waals surface area contributed by atoms with Gasteiger partial charge >= 0.3 is 5.97 Å². The van der Waals surface area contributed by atoms with E-state index < -0.39 is 37.0 Å². The van der Waals surface area contributed by atoms with Crippen LogP contribution in [0.25, 0.3) is 0 Å². The molecule has 4 atom stereocenters. The van der Waals surface area contributed by atoms with Gasteiger partial charge in [-0.3, -0.25) is 9.36 Å². The summed E-state index contributed by atoms with van der Waals surface area (Å²) in [4.78, 5) is 36.1. The Labute approximate surface area is 211 Å². The first-order valence-corrected chi connectivity index (χ1v) is 13.9. The fraction of sp³-hybridized carbons (Fsp3) is 0.286. The lowest BCUT2D eigenvalue weighted by atomic mass is 9.99. The summed E-state index contributed by atoms with van der Waals surface area (Å²) in [6, 6.07) is 26.5. The van der Waals surface area contributed by atoms with E-state index in [1.165, 1.54) is 0 Å². The molecule has 0 aliphatic carbocycles. The molecular formula is C28H33N2O5P. The number of nitrogens with one attached hydrogen (secondary N) is 1. The number of nitrogens with two attached hydrogens (primary N) is 1. The molecule has 3 aromatic rings. The molecule has 1 amide bonds. The summed E-state index contributed by atoms with van der Waals surface area (Å²) in [5, 5.41) is 12.3. The average Bonchev–Trinajstić information content (AvgIpc) is 2.88. The molecule has 0 bridgehead atoms. The zero-order valence-electron chi connectivity index (χ0n) is 20.1. The van der Waals surface area contributed by atoms with Gasteiger partial charge in [-0.2, -0.15) is 0 Å². The molecule has 0 radical (unpaired) electrons. The van der Waals surface area contributed by atoms with Crippen molar-refractivity contribution >= 4 is 19.2 Å². The van der Waals surface area contributed by atoms with Gasteiger partial charge in [0.15, 0.2) is 0 Å². The van der Waals surface area contributed by atoms with E-state index in [4.69, 9.17) is 5.73 Å². The highest BCUT2D eigenvalue weighted by molar-refractivity contribution is 7.58. The molecule has 0 spiro atoms. The molecule has 0 saturated heterocycles. The monoisotopic (exact) mass is 508 g/mol. The first kappa shape index (κ1) is 27.3. The molecule has 0 aliphatic heterocycles. The second kappa shape index (κ2) is 13.2. The van der Waals surface area contributed by atoms with Gasteiger partial charge in [0.1, 0.15) is 6.04 Å². The second-order valence-electron chi connectivity index (χ2n) is 9.01. The summed E-state index contributed by atoms with van der Waals surface area (Å²) in [6.07, 6.45) is 0.804. The molecule has 7 nitrogen and oxygen atoms in total. The maximum absolute atomic E-state index is 13.3. The summed E-state index contributed by atoms with van der Waals surface area (Å²) < 4.78 is 13.3. The molecule has 8 heteroatoms. The largest absolute Gasteiger partial charge is 0.480 e. The molecule has 0 fully saturated rings. The number of hydrogen-bond donors (Lipinski definition) is 4. The van der Waals surface area contributed by atoms with E-state index in [2.05, 4.69) is 5.32 Å². The summed E-state index contributed by atoms with van der Waals surface area (Å²) in [5.41, 5.74) is 8.74. The first-order valence-electron chi connectivity index (χ1n) is 12.0. The molecule has 190 valence electrons. The Bertz CT molecular complexity index is 1160. The molecule has 0 aromatic heterocycles. The summed E-state index contributed by atoms with van der Waals surface area (Å²) in [6.45, 7) is 0. The number of rotatable bonds is 13. The van der Waals surface area contributed by atoms with Crippen molar-refractivity contribution in [2.75, 3.05) is 6.16 Å². The Hall–Kier alpha value is -3.25. The lowest BCUT2D eigenvalue weighted by molar-refractivity contribution is -0.142. The van der Waals surface area contributed by atoms with Crippen LogP contribution < -0.4 is 11.1 Å². The Kier molecular flexibility index (Phi) is 10.00. The van der Waals surface area contributed by atoms with Crippen LogP contribution in [0, 0.1) is 5.92 Å². The highest BCUT2D eigenvalue weighted by Crippen LogP contribution is 2.47. The number of benzene rings is 3. The quantitative estimate of drug-likeness (QED) is 0.260. The van der Waals surface area contributed by atoms with Crippen molar-refractivity contribution in [1.29, 1.82) is 0 Å². The van der Waals surface area contributed by atoms with Crippen molar-refractivity contribution in [3.05, 3.63) is 108 Å². The van der Waals surface area contributed by atoms with E-state index in [0.717, 1.165) is 16.7 Å². The Morgan fingerprint density at radius 2 is 1.28 bits per heavy atom. The molecule has 3 rings (SSSR count). The van der Waals surface area contributed by atoms with Gasteiger partial charge in [-0.15, -0.1) is 0 Å². The summed E-state index contributed by atoms with van der Waals surface area (Å²) >= 11 is 0. The van der Waals surface area contributed by atoms with Gasteiger partial charge < -0.3 is 21.1 Å². The summed E-state index contributed by atoms with van der Waals surface area (Å²) in [5.74, 6) is -3.66. The number of carboxylic acids is 1. The average molecular weight is 509 g/mol. The van der Waals surface area contributed by atoms with Crippen LogP contribution in [0.2, 0.25) is 0 Å². The van der Waals surface area contributed by atoms with Crippen molar-refractivity contribution in [3.8, 4) is 0 Å². The number of carbonyl (C=O) groups excluding carboxylic acids is 1. The van der Waals surface area contributed by atoms with Gasteiger partial charge in [-0.1, -0.05) is 91.0 Å².